The molecule has 24 heavy (non-hydrogen) atoms. The average Bonchev–Trinajstić information content (AvgIpc) is 2.57. The summed E-state index contributed by atoms with van der Waals surface area (Å²) in [6.07, 6.45) is 3.37. The van der Waals surface area contributed by atoms with Crippen LogP contribution in [0.2, 0.25) is 0 Å². The minimum Gasteiger partial charge on any atom is -0.509 e. The molecule has 1 fully saturated rings. The van der Waals surface area contributed by atoms with E-state index in [2.05, 4.69) is 25.3 Å². The van der Waals surface area contributed by atoms with Crippen LogP contribution in [0.25, 0.3) is 16.1 Å². The van der Waals surface area contributed by atoms with E-state index in [4.69, 9.17) is 6.57 Å². The van der Waals surface area contributed by atoms with Gasteiger partial charge >= 0.3 is 0 Å². The Morgan fingerprint density at radius 1 is 1.25 bits per heavy atom. The number of aromatic hydroxyl groups is 1. The van der Waals surface area contributed by atoms with Gasteiger partial charge in [0.05, 0.1) is 24.4 Å². The van der Waals surface area contributed by atoms with Crippen LogP contribution in [-0.2, 0) is 0 Å². The van der Waals surface area contributed by atoms with Gasteiger partial charge in [-0.05, 0) is 25.8 Å². The Hall–Kier alpha value is -2.72. The fraction of sp³-hybridized carbons (Fsp3) is 0.412. The fourth-order valence-corrected chi connectivity index (χ4v) is 2.95. The highest BCUT2D eigenvalue weighted by Crippen LogP contribution is 2.32. The first-order valence-electron chi connectivity index (χ1n) is 7.95. The maximum atomic E-state index is 10.1. The highest BCUT2D eigenvalue weighted by atomic mass is 16.3. The van der Waals surface area contributed by atoms with Gasteiger partial charge in [0, 0.05) is 5.56 Å². The number of benzene rings is 1. The summed E-state index contributed by atoms with van der Waals surface area (Å²) in [4.78, 5) is 7.67. The van der Waals surface area contributed by atoms with Crippen molar-refractivity contribution >= 4 is 11.6 Å². The second-order valence-electron chi connectivity index (χ2n) is 5.99. The van der Waals surface area contributed by atoms with Gasteiger partial charge in [0.2, 0.25) is 5.95 Å². The van der Waals surface area contributed by atoms with Crippen molar-refractivity contribution in [3.8, 4) is 17.0 Å². The number of hydrogen-bond acceptors (Lipinski definition) is 6. The molecule has 1 heterocycles. The Bertz CT molecular complexity index is 787. The number of hydrogen-bond donors (Lipinski definition) is 3. The minimum absolute atomic E-state index is 0.0221. The third-order valence-electron chi connectivity index (χ3n) is 4.27. The lowest BCUT2D eigenvalue weighted by molar-refractivity contribution is 0.116. The van der Waals surface area contributed by atoms with Crippen LogP contribution in [0.5, 0.6) is 5.75 Å². The van der Waals surface area contributed by atoms with E-state index in [1.165, 1.54) is 6.07 Å². The van der Waals surface area contributed by atoms with E-state index in [9.17, 15) is 10.2 Å². The largest absolute Gasteiger partial charge is 0.509 e. The molecule has 7 heteroatoms. The number of rotatable bonds is 3. The van der Waals surface area contributed by atoms with Gasteiger partial charge in [0.1, 0.15) is 11.4 Å². The number of aryl methyl sites for hydroxylation is 1. The van der Waals surface area contributed by atoms with E-state index >= 15 is 0 Å². The molecule has 7 nitrogen and oxygen atoms in total. The van der Waals surface area contributed by atoms with Gasteiger partial charge in [-0.1, -0.05) is 25.0 Å². The Morgan fingerprint density at radius 3 is 2.71 bits per heavy atom. The van der Waals surface area contributed by atoms with Crippen molar-refractivity contribution in [1.82, 2.24) is 15.2 Å². The number of nitrogens with zero attached hydrogens (tertiary/aromatic N) is 4. The highest BCUT2D eigenvalue weighted by molar-refractivity contribution is 5.71. The lowest BCUT2D eigenvalue weighted by Crippen LogP contribution is -2.37. The van der Waals surface area contributed by atoms with Crippen LogP contribution in [0.1, 0.15) is 31.4 Å². The van der Waals surface area contributed by atoms with Crippen LogP contribution in [0.4, 0.5) is 11.6 Å². The number of aliphatic hydroxyl groups is 1. The van der Waals surface area contributed by atoms with Crippen LogP contribution in [0, 0.1) is 13.5 Å². The van der Waals surface area contributed by atoms with Crippen molar-refractivity contribution in [2.45, 2.75) is 44.8 Å². The lowest BCUT2D eigenvalue weighted by Gasteiger charge is -2.28. The molecular weight excluding hydrogens is 306 g/mol. The zero-order valence-electron chi connectivity index (χ0n) is 13.4. The van der Waals surface area contributed by atoms with E-state index < -0.39 is 6.10 Å². The molecule has 1 aliphatic rings. The molecule has 2 aromatic rings. The molecule has 1 saturated carbocycles. The second kappa shape index (κ2) is 6.81. The summed E-state index contributed by atoms with van der Waals surface area (Å²) in [5, 5.41) is 31.5. The van der Waals surface area contributed by atoms with E-state index in [0.29, 0.717) is 28.6 Å². The Kier molecular flexibility index (Phi) is 4.58. The van der Waals surface area contributed by atoms with Gasteiger partial charge in [-0.2, -0.15) is 0 Å². The summed E-state index contributed by atoms with van der Waals surface area (Å²) < 4.78 is 0. The van der Waals surface area contributed by atoms with Crippen LogP contribution in [0.3, 0.4) is 0 Å². The van der Waals surface area contributed by atoms with Crippen molar-refractivity contribution in [1.29, 1.82) is 0 Å². The summed E-state index contributed by atoms with van der Waals surface area (Å²) >= 11 is 0. The molecule has 1 aromatic carbocycles. The molecule has 3 rings (SSSR count). The van der Waals surface area contributed by atoms with Crippen molar-refractivity contribution < 1.29 is 10.2 Å². The Balaban J connectivity index is 1.84. The van der Waals surface area contributed by atoms with Gasteiger partial charge in [0.25, 0.3) is 0 Å². The second-order valence-corrected chi connectivity index (χ2v) is 5.99. The van der Waals surface area contributed by atoms with Crippen molar-refractivity contribution in [2.24, 2.45) is 0 Å². The summed E-state index contributed by atoms with van der Waals surface area (Å²) in [5.41, 5.74) is 1.94. The SMILES string of the molecule is [C-]#[N+]c1ccc(-c2nnc(N[C@@H]3CCCC[C@H]3O)nc2C)c(O)c1. The van der Waals surface area contributed by atoms with Crippen LogP contribution in [0.15, 0.2) is 18.2 Å². The first-order chi connectivity index (χ1) is 11.6. The summed E-state index contributed by atoms with van der Waals surface area (Å²) in [5.74, 6) is 0.352. The maximum absolute atomic E-state index is 10.1. The number of aliphatic hydroxyl groups excluding tert-OH is 1. The van der Waals surface area contributed by atoms with E-state index in [0.717, 1.165) is 25.7 Å². The first kappa shape index (κ1) is 16.1. The number of nitrogens with one attached hydrogen (secondary N) is 1. The molecule has 2 atom stereocenters. The molecule has 3 N–H and O–H groups in total. The Morgan fingerprint density at radius 2 is 2.04 bits per heavy atom. The molecule has 0 spiro atoms. The maximum Gasteiger partial charge on any atom is 0.243 e. The molecule has 0 saturated heterocycles. The first-order valence-corrected chi connectivity index (χ1v) is 7.95. The fourth-order valence-electron chi connectivity index (χ4n) is 2.95. The number of phenols is 1. The van der Waals surface area contributed by atoms with Gasteiger partial charge in [0.15, 0.2) is 5.69 Å². The van der Waals surface area contributed by atoms with E-state index in [-0.39, 0.29) is 11.8 Å². The molecule has 0 aliphatic heterocycles. The van der Waals surface area contributed by atoms with Gasteiger partial charge in [-0.25, -0.2) is 9.83 Å². The van der Waals surface area contributed by atoms with E-state index in [1.807, 2.05) is 0 Å². The minimum atomic E-state index is -0.396. The molecular formula is C17H19N5O2. The molecule has 0 radical (unpaired) electrons. The predicted octanol–water partition coefficient (Wildman–Crippen LogP) is 2.82. The smallest absolute Gasteiger partial charge is 0.243 e. The zero-order valence-corrected chi connectivity index (χ0v) is 13.4. The normalized spacial score (nSPS) is 20.4. The zero-order chi connectivity index (χ0) is 17.1. The Labute approximate surface area is 140 Å². The monoisotopic (exact) mass is 325 g/mol. The third-order valence-corrected chi connectivity index (χ3v) is 4.27. The summed E-state index contributed by atoms with van der Waals surface area (Å²) in [7, 11) is 0. The molecule has 0 bridgehead atoms. The quantitative estimate of drug-likeness (QED) is 0.751. The van der Waals surface area contributed by atoms with Crippen LogP contribution >= 0.6 is 0 Å². The average molecular weight is 325 g/mol. The standard InChI is InChI=1S/C17H19N5O2/c1-10-16(12-8-7-11(18-2)9-15(12)24)21-22-17(19-10)20-13-5-3-4-6-14(13)23/h7-9,13-14,23-24H,3-6H2,1H3,(H,19,20,22)/t13-,14-/m1/s1. The topological polar surface area (TPSA) is 95.5 Å². The van der Waals surface area contributed by atoms with Crippen LogP contribution < -0.4 is 5.32 Å². The lowest BCUT2D eigenvalue weighted by atomic mass is 9.93. The number of anilines is 1. The highest BCUT2D eigenvalue weighted by Gasteiger charge is 2.24. The van der Waals surface area contributed by atoms with E-state index in [1.54, 1.807) is 19.1 Å². The molecule has 124 valence electrons. The third kappa shape index (κ3) is 3.29. The van der Waals surface area contributed by atoms with Crippen molar-refractivity contribution in [3.05, 3.63) is 35.3 Å². The number of phenolic OH excluding ortho intramolecular Hbond substituents is 1. The van der Waals surface area contributed by atoms with Gasteiger partial charge < -0.3 is 15.5 Å². The summed E-state index contributed by atoms with van der Waals surface area (Å²) in [6.45, 7) is 8.76. The molecule has 1 aliphatic carbocycles. The van der Waals surface area contributed by atoms with Crippen molar-refractivity contribution in [3.63, 3.8) is 0 Å². The number of aromatic nitrogens is 3. The van der Waals surface area contributed by atoms with Crippen molar-refractivity contribution in [2.75, 3.05) is 5.32 Å². The van der Waals surface area contributed by atoms with Crippen LogP contribution in [-0.4, -0.2) is 37.5 Å². The molecule has 0 amide bonds. The molecule has 1 aromatic heterocycles. The predicted molar refractivity (Wildman–Crippen MR) is 89.8 cm³/mol. The van der Waals surface area contributed by atoms with Gasteiger partial charge in [-0.15, -0.1) is 10.2 Å². The summed E-state index contributed by atoms with van der Waals surface area (Å²) in [6, 6.07) is 4.60. The molecule has 0 unspecified atom stereocenters. The van der Waals surface area contributed by atoms with Gasteiger partial charge in [-0.3, -0.25) is 0 Å².